The molecule has 1 atom stereocenters. The van der Waals surface area contributed by atoms with Crippen molar-refractivity contribution in [3.05, 3.63) is 54.1 Å². The monoisotopic (exact) mass is 418 g/mol. The van der Waals surface area contributed by atoms with Crippen LogP contribution in [0.4, 0.5) is 4.79 Å². The maximum absolute atomic E-state index is 12.7. The first-order valence-corrected chi connectivity index (χ1v) is 11.0. The number of nitrogens with zero attached hydrogens (tertiary/aromatic N) is 1. The zero-order chi connectivity index (χ0) is 20.9. The van der Waals surface area contributed by atoms with E-state index in [1.165, 1.54) is 0 Å². The topological polar surface area (TPSA) is 84.9 Å². The highest BCUT2D eigenvalue weighted by Crippen LogP contribution is 2.27. The van der Waals surface area contributed by atoms with Crippen LogP contribution in [0.2, 0.25) is 0 Å². The van der Waals surface area contributed by atoms with Crippen LogP contribution in [0, 0.1) is 0 Å². The second-order valence-corrected chi connectivity index (χ2v) is 9.11. The predicted molar refractivity (Wildman–Crippen MR) is 110 cm³/mol. The number of likely N-dealkylation sites (tertiary alicyclic amines) is 1. The van der Waals surface area contributed by atoms with Gasteiger partial charge < -0.3 is 19.7 Å². The Bertz CT molecular complexity index is 947. The van der Waals surface area contributed by atoms with E-state index < -0.39 is 15.1 Å². The van der Waals surface area contributed by atoms with Gasteiger partial charge in [-0.25, -0.2) is 13.2 Å². The minimum Gasteiger partial charge on any atom is -0.493 e. The fraction of sp³-hybridized carbons (Fsp3) is 0.381. The summed E-state index contributed by atoms with van der Waals surface area (Å²) in [4.78, 5) is 14.3. The summed E-state index contributed by atoms with van der Waals surface area (Å²) in [5, 5.41) is 2.30. The lowest BCUT2D eigenvalue weighted by Gasteiger charge is -2.18. The first-order valence-electron chi connectivity index (χ1n) is 9.48. The summed E-state index contributed by atoms with van der Waals surface area (Å²) in [7, 11) is -0.268. The van der Waals surface area contributed by atoms with Gasteiger partial charge in [-0.2, -0.15) is 0 Å². The molecule has 156 valence electrons. The molecule has 2 aromatic carbocycles. The Kier molecular flexibility index (Phi) is 6.64. The molecular formula is C21H26N2O5S. The number of benzene rings is 2. The Hall–Kier alpha value is -2.74. The minimum absolute atomic E-state index is 0.208. The molecule has 1 heterocycles. The first kappa shape index (κ1) is 21.0. The Morgan fingerprint density at radius 3 is 2.52 bits per heavy atom. The van der Waals surface area contributed by atoms with Crippen molar-refractivity contribution in [2.45, 2.75) is 23.0 Å². The van der Waals surface area contributed by atoms with Gasteiger partial charge in [-0.3, -0.25) is 0 Å². The molecule has 3 rings (SSSR count). The summed E-state index contributed by atoms with van der Waals surface area (Å²) in [5.41, 5.74) is 1.01. The maximum Gasteiger partial charge on any atom is 0.317 e. The second kappa shape index (κ2) is 9.17. The average molecular weight is 419 g/mol. The summed E-state index contributed by atoms with van der Waals surface area (Å²) in [5.74, 6) is 1.30. The van der Waals surface area contributed by atoms with Gasteiger partial charge in [0.1, 0.15) is 0 Å². The van der Waals surface area contributed by atoms with Crippen LogP contribution >= 0.6 is 0 Å². The molecular weight excluding hydrogens is 392 g/mol. The van der Waals surface area contributed by atoms with Gasteiger partial charge in [-0.05, 0) is 42.7 Å². The van der Waals surface area contributed by atoms with Gasteiger partial charge in [0.25, 0.3) is 0 Å². The number of ether oxygens (including phenoxy) is 2. The molecule has 0 aliphatic carbocycles. The molecule has 0 saturated carbocycles. The number of carbonyl (C=O) groups excluding carboxylic acids is 1. The molecule has 8 heteroatoms. The van der Waals surface area contributed by atoms with Crippen molar-refractivity contribution in [3.63, 3.8) is 0 Å². The van der Waals surface area contributed by atoms with E-state index in [0.717, 1.165) is 5.56 Å². The van der Waals surface area contributed by atoms with E-state index in [1.54, 1.807) is 49.5 Å². The van der Waals surface area contributed by atoms with Gasteiger partial charge in [-0.1, -0.05) is 24.3 Å². The van der Waals surface area contributed by atoms with E-state index in [9.17, 15) is 13.2 Å². The van der Waals surface area contributed by atoms with Crippen molar-refractivity contribution >= 4 is 15.9 Å². The fourth-order valence-corrected chi connectivity index (χ4v) is 5.14. The van der Waals surface area contributed by atoms with E-state index in [4.69, 9.17) is 9.47 Å². The van der Waals surface area contributed by atoms with Crippen molar-refractivity contribution in [2.24, 2.45) is 0 Å². The summed E-state index contributed by atoms with van der Waals surface area (Å²) in [6, 6.07) is 13.8. The zero-order valence-corrected chi connectivity index (χ0v) is 17.4. The van der Waals surface area contributed by atoms with E-state index in [1.807, 2.05) is 18.2 Å². The van der Waals surface area contributed by atoms with Gasteiger partial charge in [0.15, 0.2) is 21.3 Å². The molecule has 0 spiro atoms. The van der Waals surface area contributed by atoms with Crippen LogP contribution in [0.3, 0.4) is 0 Å². The highest BCUT2D eigenvalue weighted by atomic mass is 32.2. The third-order valence-electron chi connectivity index (χ3n) is 5.08. The standard InChI is InChI=1S/C21H26N2O5S/c1-27-19-9-8-16(14-20(19)28-2)10-12-22-21(24)23-13-11-18(15-23)29(25,26)17-6-4-3-5-7-17/h3-9,14,18H,10-13,15H2,1-2H3,(H,22,24). The van der Waals surface area contributed by atoms with Gasteiger partial charge in [0.05, 0.1) is 24.4 Å². The number of urea groups is 1. The normalized spacial score (nSPS) is 16.5. The maximum atomic E-state index is 12.7. The molecule has 1 unspecified atom stereocenters. The zero-order valence-electron chi connectivity index (χ0n) is 16.6. The summed E-state index contributed by atoms with van der Waals surface area (Å²) < 4.78 is 36.0. The van der Waals surface area contributed by atoms with Gasteiger partial charge in [-0.15, -0.1) is 0 Å². The molecule has 1 aliphatic rings. The lowest BCUT2D eigenvalue weighted by atomic mass is 10.1. The Morgan fingerprint density at radius 1 is 1.10 bits per heavy atom. The Balaban J connectivity index is 1.52. The van der Waals surface area contributed by atoms with Crippen LogP contribution in [-0.2, 0) is 16.3 Å². The summed E-state index contributed by atoms with van der Waals surface area (Å²) >= 11 is 0. The van der Waals surface area contributed by atoms with E-state index in [2.05, 4.69) is 5.32 Å². The number of rotatable bonds is 7. The number of hydrogen-bond acceptors (Lipinski definition) is 5. The third kappa shape index (κ3) is 4.82. The lowest BCUT2D eigenvalue weighted by Crippen LogP contribution is -2.40. The molecule has 1 fully saturated rings. The van der Waals surface area contributed by atoms with Crippen LogP contribution in [0.1, 0.15) is 12.0 Å². The predicted octanol–water partition coefficient (Wildman–Crippen LogP) is 2.50. The average Bonchev–Trinajstić information content (AvgIpc) is 3.25. The van der Waals surface area contributed by atoms with Gasteiger partial charge in [0, 0.05) is 19.6 Å². The molecule has 1 aliphatic heterocycles. The molecule has 0 radical (unpaired) electrons. The van der Waals surface area contributed by atoms with Crippen LogP contribution in [0.15, 0.2) is 53.4 Å². The summed E-state index contributed by atoms with van der Waals surface area (Å²) in [6.45, 7) is 1.08. The van der Waals surface area contributed by atoms with Gasteiger partial charge >= 0.3 is 6.03 Å². The van der Waals surface area contributed by atoms with Crippen molar-refractivity contribution in [1.82, 2.24) is 10.2 Å². The summed E-state index contributed by atoms with van der Waals surface area (Å²) in [6.07, 6.45) is 1.08. The number of sulfone groups is 1. The fourth-order valence-electron chi connectivity index (χ4n) is 3.43. The number of carbonyl (C=O) groups is 1. The molecule has 1 saturated heterocycles. The Morgan fingerprint density at radius 2 is 1.83 bits per heavy atom. The third-order valence-corrected chi connectivity index (χ3v) is 7.27. The van der Waals surface area contributed by atoms with Crippen LogP contribution in [0.25, 0.3) is 0 Å². The number of methoxy groups -OCH3 is 2. The molecule has 2 amide bonds. The highest BCUT2D eigenvalue weighted by molar-refractivity contribution is 7.92. The molecule has 2 aromatic rings. The van der Waals surface area contributed by atoms with E-state index >= 15 is 0 Å². The van der Waals surface area contributed by atoms with Crippen molar-refractivity contribution < 1.29 is 22.7 Å². The SMILES string of the molecule is COc1ccc(CCNC(=O)N2CCC(S(=O)(=O)c3ccccc3)C2)cc1OC. The molecule has 0 aromatic heterocycles. The highest BCUT2D eigenvalue weighted by Gasteiger charge is 2.35. The molecule has 0 bridgehead atoms. The van der Waals surface area contributed by atoms with Crippen LogP contribution in [0.5, 0.6) is 11.5 Å². The number of amides is 2. The largest absolute Gasteiger partial charge is 0.493 e. The van der Waals surface area contributed by atoms with Crippen molar-refractivity contribution in [2.75, 3.05) is 33.9 Å². The van der Waals surface area contributed by atoms with Crippen molar-refractivity contribution in [3.8, 4) is 11.5 Å². The molecule has 1 N–H and O–H groups in total. The lowest BCUT2D eigenvalue weighted by molar-refractivity contribution is 0.209. The number of hydrogen-bond donors (Lipinski definition) is 1. The van der Waals surface area contributed by atoms with Crippen molar-refractivity contribution in [1.29, 1.82) is 0 Å². The van der Waals surface area contributed by atoms with Gasteiger partial charge in [0.2, 0.25) is 0 Å². The van der Waals surface area contributed by atoms with E-state index in [-0.39, 0.29) is 12.6 Å². The molecule has 7 nitrogen and oxygen atoms in total. The minimum atomic E-state index is -3.43. The van der Waals surface area contributed by atoms with E-state index in [0.29, 0.717) is 42.3 Å². The molecule has 29 heavy (non-hydrogen) atoms. The quantitative estimate of drug-likeness (QED) is 0.747. The Labute approximate surface area is 171 Å². The number of nitrogens with one attached hydrogen (secondary N) is 1. The smallest absolute Gasteiger partial charge is 0.317 e. The first-order chi connectivity index (χ1) is 14.0. The van der Waals surface area contributed by atoms with Crippen LogP contribution < -0.4 is 14.8 Å². The second-order valence-electron chi connectivity index (χ2n) is 6.89. The van der Waals surface area contributed by atoms with Crippen LogP contribution in [-0.4, -0.2) is 58.5 Å².